The number of hydrogen-bond acceptors (Lipinski definition) is 5. The van der Waals surface area contributed by atoms with Crippen LogP contribution in [0, 0.1) is 11.3 Å². The van der Waals surface area contributed by atoms with Crippen LogP contribution in [-0.2, 0) is 0 Å². The lowest BCUT2D eigenvalue weighted by molar-refractivity contribution is 0.106. The quantitative estimate of drug-likeness (QED) is 0.768. The summed E-state index contributed by atoms with van der Waals surface area (Å²) in [5, 5.41) is 21.9. The van der Waals surface area contributed by atoms with Gasteiger partial charge in [0.05, 0.1) is 18.7 Å². The standard InChI is InChI=1S/C14H18N2O3/c1-18-13-4-10(7-15)5-14(6-13)19-9-12(17)8-16-11-2-3-11/h4-6,11-12,16-17H,2-3,8-9H2,1H3. The highest BCUT2D eigenvalue weighted by Crippen LogP contribution is 2.22. The van der Waals surface area contributed by atoms with Crippen LogP contribution >= 0.6 is 0 Å². The Morgan fingerprint density at radius 2 is 2.16 bits per heavy atom. The molecule has 0 saturated heterocycles. The van der Waals surface area contributed by atoms with Crippen LogP contribution < -0.4 is 14.8 Å². The van der Waals surface area contributed by atoms with Gasteiger partial charge in [-0.1, -0.05) is 0 Å². The van der Waals surface area contributed by atoms with Crippen LogP contribution in [0.4, 0.5) is 0 Å². The molecule has 2 N–H and O–H groups in total. The number of hydrogen-bond donors (Lipinski definition) is 2. The predicted octanol–water partition coefficient (Wildman–Crippen LogP) is 1.06. The second kappa shape index (κ2) is 6.41. The highest BCUT2D eigenvalue weighted by Gasteiger charge is 2.21. The van der Waals surface area contributed by atoms with Crippen molar-refractivity contribution in [2.45, 2.75) is 25.0 Å². The molecule has 1 aliphatic rings. The highest BCUT2D eigenvalue weighted by atomic mass is 16.5. The molecule has 0 bridgehead atoms. The Kier molecular flexibility index (Phi) is 4.61. The summed E-state index contributed by atoms with van der Waals surface area (Å²) in [6.07, 6.45) is 1.82. The van der Waals surface area contributed by atoms with Crippen LogP contribution in [0.2, 0.25) is 0 Å². The first-order valence-corrected chi connectivity index (χ1v) is 6.34. The van der Waals surface area contributed by atoms with Crippen molar-refractivity contribution in [3.8, 4) is 17.6 Å². The lowest BCUT2D eigenvalue weighted by atomic mass is 10.2. The van der Waals surface area contributed by atoms with E-state index in [4.69, 9.17) is 14.7 Å². The molecule has 1 fully saturated rings. The Hall–Kier alpha value is -1.77. The Balaban J connectivity index is 1.85. The fraction of sp³-hybridized carbons (Fsp3) is 0.500. The van der Waals surface area contributed by atoms with Crippen molar-refractivity contribution in [3.05, 3.63) is 23.8 Å². The van der Waals surface area contributed by atoms with Gasteiger partial charge in [-0.25, -0.2) is 0 Å². The second-order valence-corrected chi connectivity index (χ2v) is 4.66. The molecule has 0 radical (unpaired) electrons. The van der Waals surface area contributed by atoms with E-state index in [0.29, 0.717) is 29.6 Å². The molecular weight excluding hydrogens is 244 g/mol. The van der Waals surface area contributed by atoms with Crippen LogP contribution in [0.5, 0.6) is 11.5 Å². The fourth-order valence-electron chi connectivity index (χ4n) is 1.68. The highest BCUT2D eigenvalue weighted by molar-refractivity contribution is 5.43. The minimum atomic E-state index is -0.558. The first-order chi connectivity index (χ1) is 9.21. The maximum Gasteiger partial charge on any atom is 0.124 e. The van der Waals surface area contributed by atoms with E-state index in [1.54, 1.807) is 18.2 Å². The number of nitriles is 1. The number of ether oxygens (including phenoxy) is 2. The van der Waals surface area contributed by atoms with Gasteiger partial charge in [-0.3, -0.25) is 0 Å². The third-order valence-electron chi connectivity index (χ3n) is 2.91. The predicted molar refractivity (Wildman–Crippen MR) is 70.2 cm³/mol. The van der Waals surface area contributed by atoms with Gasteiger partial charge in [0.25, 0.3) is 0 Å². The van der Waals surface area contributed by atoms with Gasteiger partial charge < -0.3 is 19.9 Å². The number of methoxy groups -OCH3 is 1. The van der Waals surface area contributed by atoms with Crippen LogP contribution in [0.1, 0.15) is 18.4 Å². The summed E-state index contributed by atoms with van der Waals surface area (Å²) in [7, 11) is 1.54. The molecule has 1 aliphatic carbocycles. The fourth-order valence-corrected chi connectivity index (χ4v) is 1.68. The van der Waals surface area contributed by atoms with Crippen LogP contribution in [0.25, 0.3) is 0 Å². The molecule has 0 amide bonds. The molecule has 1 aromatic carbocycles. The first-order valence-electron chi connectivity index (χ1n) is 6.34. The Morgan fingerprint density at radius 3 is 2.79 bits per heavy atom. The van der Waals surface area contributed by atoms with Crippen molar-refractivity contribution in [1.82, 2.24) is 5.32 Å². The molecule has 5 heteroatoms. The summed E-state index contributed by atoms with van der Waals surface area (Å²) in [6, 6.07) is 7.57. The van der Waals surface area contributed by atoms with Crippen molar-refractivity contribution < 1.29 is 14.6 Å². The molecule has 1 atom stereocenters. The van der Waals surface area contributed by atoms with Gasteiger partial charge in [-0.2, -0.15) is 5.26 Å². The molecule has 0 heterocycles. The van der Waals surface area contributed by atoms with E-state index in [-0.39, 0.29) is 6.61 Å². The van der Waals surface area contributed by atoms with E-state index < -0.39 is 6.10 Å². The van der Waals surface area contributed by atoms with E-state index in [2.05, 4.69) is 5.32 Å². The summed E-state index contributed by atoms with van der Waals surface area (Å²) < 4.78 is 10.6. The smallest absolute Gasteiger partial charge is 0.124 e. The second-order valence-electron chi connectivity index (χ2n) is 4.66. The van der Waals surface area contributed by atoms with Gasteiger partial charge >= 0.3 is 0 Å². The van der Waals surface area contributed by atoms with Gasteiger partial charge in [-0.05, 0) is 25.0 Å². The van der Waals surface area contributed by atoms with Crippen molar-refractivity contribution in [1.29, 1.82) is 5.26 Å². The van der Waals surface area contributed by atoms with E-state index in [9.17, 15) is 5.11 Å². The molecular formula is C14H18N2O3. The summed E-state index contributed by atoms with van der Waals surface area (Å²) >= 11 is 0. The maximum absolute atomic E-state index is 9.76. The molecule has 19 heavy (non-hydrogen) atoms. The first kappa shape index (κ1) is 13.7. The van der Waals surface area contributed by atoms with Crippen LogP contribution in [-0.4, -0.2) is 37.5 Å². The molecule has 0 aliphatic heterocycles. The zero-order valence-corrected chi connectivity index (χ0v) is 10.9. The molecule has 102 valence electrons. The van der Waals surface area contributed by atoms with E-state index >= 15 is 0 Å². The number of aliphatic hydroxyl groups is 1. The minimum Gasteiger partial charge on any atom is -0.497 e. The van der Waals surface area contributed by atoms with Crippen molar-refractivity contribution >= 4 is 0 Å². The topological polar surface area (TPSA) is 74.5 Å². The number of aliphatic hydroxyl groups excluding tert-OH is 1. The Morgan fingerprint density at radius 1 is 1.42 bits per heavy atom. The lowest BCUT2D eigenvalue weighted by Gasteiger charge is -2.13. The average Bonchev–Trinajstić information content (AvgIpc) is 3.26. The van der Waals surface area contributed by atoms with Crippen molar-refractivity contribution in [2.75, 3.05) is 20.3 Å². The maximum atomic E-state index is 9.76. The monoisotopic (exact) mass is 262 g/mol. The lowest BCUT2D eigenvalue weighted by Crippen LogP contribution is -2.32. The summed E-state index contributed by atoms with van der Waals surface area (Å²) in [4.78, 5) is 0. The van der Waals surface area contributed by atoms with Crippen LogP contribution in [0.15, 0.2) is 18.2 Å². The normalized spacial score (nSPS) is 15.6. The van der Waals surface area contributed by atoms with E-state index in [0.717, 1.165) is 0 Å². The molecule has 1 aromatic rings. The number of nitrogens with zero attached hydrogens (tertiary/aromatic N) is 1. The molecule has 5 nitrogen and oxygen atoms in total. The third kappa shape index (κ3) is 4.43. The van der Waals surface area contributed by atoms with E-state index in [1.165, 1.54) is 20.0 Å². The number of benzene rings is 1. The van der Waals surface area contributed by atoms with Gasteiger partial charge in [0.2, 0.25) is 0 Å². The van der Waals surface area contributed by atoms with Gasteiger partial charge in [0, 0.05) is 18.7 Å². The van der Waals surface area contributed by atoms with Gasteiger partial charge in [-0.15, -0.1) is 0 Å². The van der Waals surface area contributed by atoms with Crippen molar-refractivity contribution in [2.24, 2.45) is 0 Å². The summed E-state index contributed by atoms with van der Waals surface area (Å²) in [5.41, 5.74) is 0.472. The van der Waals surface area contributed by atoms with Gasteiger partial charge in [0.1, 0.15) is 24.2 Å². The third-order valence-corrected chi connectivity index (χ3v) is 2.91. The molecule has 1 saturated carbocycles. The Bertz CT molecular complexity index is 466. The summed E-state index contributed by atoms with van der Waals surface area (Å²) in [6.45, 7) is 0.720. The molecule has 1 unspecified atom stereocenters. The average molecular weight is 262 g/mol. The molecule has 0 spiro atoms. The van der Waals surface area contributed by atoms with Crippen molar-refractivity contribution in [3.63, 3.8) is 0 Å². The largest absolute Gasteiger partial charge is 0.497 e. The van der Waals surface area contributed by atoms with Gasteiger partial charge in [0.15, 0.2) is 0 Å². The molecule has 0 aromatic heterocycles. The number of rotatable bonds is 7. The minimum absolute atomic E-state index is 0.192. The summed E-state index contributed by atoms with van der Waals surface area (Å²) in [5.74, 6) is 1.10. The SMILES string of the molecule is COc1cc(C#N)cc(OCC(O)CNC2CC2)c1. The number of nitrogens with one attached hydrogen (secondary N) is 1. The van der Waals surface area contributed by atoms with E-state index in [1.807, 2.05) is 6.07 Å². The Labute approximate surface area is 112 Å². The van der Waals surface area contributed by atoms with Crippen LogP contribution in [0.3, 0.4) is 0 Å². The molecule has 2 rings (SSSR count). The zero-order valence-electron chi connectivity index (χ0n) is 10.9. The zero-order chi connectivity index (χ0) is 13.7.